The highest BCUT2D eigenvalue weighted by atomic mass is 16.7. The van der Waals surface area contributed by atoms with Gasteiger partial charge in [0.15, 0.2) is 11.5 Å². The largest absolute Gasteiger partial charge is 0.454 e. The molecule has 0 spiro atoms. The molecule has 1 aliphatic rings. The van der Waals surface area contributed by atoms with Gasteiger partial charge in [-0.25, -0.2) is 0 Å². The number of anilines is 3. The molecular weight excluding hydrogens is 270 g/mol. The van der Waals surface area contributed by atoms with Crippen molar-refractivity contribution in [1.82, 2.24) is 9.97 Å². The molecule has 2 aromatic rings. The van der Waals surface area contributed by atoms with Crippen LogP contribution in [-0.4, -0.2) is 23.3 Å². The van der Waals surface area contributed by atoms with E-state index in [1.54, 1.807) is 0 Å². The SMILES string of the molecule is CCNc1cc(NCc2ccc3c(c2)OCO3)nc(N)n1. The number of rotatable bonds is 5. The predicted molar refractivity (Wildman–Crippen MR) is 80.5 cm³/mol. The van der Waals surface area contributed by atoms with Crippen LogP contribution in [0.15, 0.2) is 24.3 Å². The molecule has 0 radical (unpaired) electrons. The van der Waals surface area contributed by atoms with Gasteiger partial charge in [-0.15, -0.1) is 0 Å². The Balaban J connectivity index is 1.69. The van der Waals surface area contributed by atoms with Crippen LogP contribution in [0.3, 0.4) is 0 Å². The summed E-state index contributed by atoms with van der Waals surface area (Å²) in [6.45, 7) is 3.66. The molecule has 7 heteroatoms. The highest BCUT2D eigenvalue weighted by molar-refractivity contribution is 5.52. The molecule has 110 valence electrons. The van der Waals surface area contributed by atoms with Gasteiger partial charge in [0.1, 0.15) is 11.6 Å². The molecular formula is C14H17N5O2. The van der Waals surface area contributed by atoms with E-state index in [-0.39, 0.29) is 12.7 Å². The number of ether oxygens (including phenoxy) is 2. The van der Waals surface area contributed by atoms with Gasteiger partial charge in [0.25, 0.3) is 0 Å². The van der Waals surface area contributed by atoms with Crippen LogP contribution in [0, 0.1) is 0 Å². The molecule has 1 aliphatic heterocycles. The lowest BCUT2D eigenvalue weighted by Crippen LogP contribution is -2.07. The van der Waals surface area contributed by atoms with E-state index in [1.807, 2.05) is 31.2 Å². The van der Waals surface area contributed by atoms with Gasteiger partial charge in [0.05, 0.1) is 0 Å². The molecule has 0 atom stereocenters. The van der Waals surface area contributed by atoms with Crippen molar-refractivity contribution in [2.45, 2.75) is 13.5 Å². The van der Waals surface area contributed by atoms with E-state index in [1.165, 1.54) is 0 Å². The zero-order valence-electron chi connectivity index (χ0n) is 11.7. The van der Waals surface area contributed by atoms with E-state index in [2.05, 4.69) is 20.6 Å². The van der Waals surface area contributed by atoms with Crippen molar-refractivity contribution in [2.75, 3.05) is 29.7 Å². The maximum Gasteiger partial charge on any atom is 0.231 e. The first-order valence-electron chi connectivity index (χ1n) is 6.75. The summed E-state index contributed by atoms with van der Waals surface area (Å²) in [4.78, 5) is 8.27. The zero-order valence-corrected chi connectivity index (χ0v) is 11.7. The number of nitrogen functional groups attached to an aromatic ring is 1. The molecule has 0 unspecified atom stereocenters. The van der Waals surface area contributed by atoms with Crippen molar-refractivity contribution in [3.63, 3.8) is 0 Å². The van der Waals surface area contributed by atoms with Crippen LogP contribution in [0.2, 0.25) is 0 Å². The molecule has 0 amide bonds. The summed E-state index contributed by atoms with van der Waals surface area (Å²) in [5.74, 6) is 3.17. The Kier molecular flexibility index (Phi) is 3.63. The van der Waals surface area contributed by atoms with Crippen LogP contribution < -0.4 is 25.8 Å². The Hall–Kier alpha value is -2.70. The lowest BCUT2D eigenvalue weighted by molar-refractivity contribution is 0.174. The number of nitrogens with one attached hydrogen (secondary N) is 2. The minimum absolute atomic E-state index is 0.238. The summed E-state index contributed by atoms with van der Waals surface area (Å²) in [5, 5.41) is 6.34. The van der Waals surface area contributed by atoms with E-state index in [4.69, 9.17) is 15.2 Å². The van der Waals surface area contributed by atoms with Crippen molar-refractivity contribution in [2.24, 2.45) is 0 Å². The third-order valence-electron chi connectivity index (χ3n) is 3.01. The average Bonchev–Trinajstić information content (AvgIpc) is 2.92. The molecule has 7 nitrogen and oxygen atoms in total. The Bertz CT molecular complexity index is 647. The summed E-state index contributed by atoms with van der Waals surface area (Å²) in [5.41, 5.74) is 6.76. The standard InChI is InChI=1S/C14H17N5O2/c1-2-16-12-6-13(19-14(15)18-12)17-7-9-3-4-10-11(5-9)21-8-20-10/h3-6H,2,7-8H2,1H3,(H4,15,16,17,18,19). The van der Waals surface area contributed by atoms with Crippen LogP contribution >= 0.6 is 0 Å². The summed E-state index contributed by atoms with van der Waals surface area (Å²) in [7, 11) is 0. The van der Waals surface area contributed by atoms with Gasteiger partial charge in [-0.1, -0.05) is 6.07 Å². The lowest BCUT2D eigenvalue weighted by Gasteiger charge is -2.09. The van der Waals surface area contributed by atoms with Crippen molar-refractivity contribution in [3.8, 4) is 11.5 Å². The molecule has 0 fully saturated rings. The fraction of sp³-hybridized carbons (Fsp3) is 0.286. The first kappa shape index (κ1) is 13.3. The van der Waals surface area contributed by atoms with Crippen LogP contribution in [0.5, 0.6) is 11.5 Å². The van der Waals surface area contributed by atoms with E-state index >= 15 is 0 Å². The summed E-state index contributed by atoms with van der Waals surface area (Å²) in [6.07, 6.45) is 0. The molecule has 0 bridgehead atoms. The fourth-order valence-electron chi connectivity index (χ4n) is 2.07. The number of hydrogen-bond acceptors (Lipinski definition) is 7. The highest BCUT2D eigenvalue weighted by Crippen LogP contribution is 2.32. The van der Waals surface area contributed by atoms with Gasteiger partial charge in [-0.3, -0.25) is 0 Å². The van der Waals surface area contributed by atoms with E-state index in [0.717, 1.165) is 23.6 Å². The van der Waals surface area contributed by atoms with Crippen LogP contribution in [0.25, 0.3) is 0 Å². The zero-order chi connectivity index (χ0) is 14.7. The van der Waals surface area contributed by atoms with Gasteiger partial charge in [0.2, 0.25) is 12.7 Å². The monoisotopic (exact) mass is 287 g/mol. The lowest BCUT2D eigenvalue weighted by atomic mass is 10.2. The highest BCUT2D eigenvalue weighted by Gasteiger charge is 2.13. The molecule has 2 heterocycles. The quantitative estimate of drug-likeness (QED) is 0.772. The second-order valence-corrected chi connectivity index (χ2v) is 4.57. The number of hydrogen-bond donors (Lipinski definition) is 3. The maximum atomic E-state index is 5.69. The minimum Gasteiger partial charge on any atom is -0.454 e. The van der Waals surface area contributed by atoms with E-state index < -0.39 is 0 Å². The van der Waals surface area contributed by atoms with E-state index in [0.29, 0.717) is 18.2 Å². The number of benzene rings is 1. The van der Waals surface area contributed by atoms with Gasteiger partial charge < -0.3 is 25.8 Å². The number of nitrogens with two attached hydrogens (primary N) is 1. The minimum atomic E-state index is 0.238. The van der Waals surface area contributed by atoms with Crippen LogP contribution in [0.1, 0.15) is 12.5 Å². The molecule has 3 rings (SSSR count). The molecule has 21 heavy (non-hydrogen) atoms. The van der Waals surface area contributed by atoms with E-state index in [9.17, 15) is 0 Å². The van der Waals surface area contributed by atoms with Crippen molar-refractivity contribution < 1.29 is 9.47 Å². The van der Waals surface area contributed by atoms with Gasteiger partial charge >= 0.3 is 0 Å². The molecule has 0 aliphatic carbocycles. The van der Waals surface area contributed by atoms with Crippen molar-refractivity contribution in [3.05, 3.63) is 29.8 Å². The van der Waals surface area contributed by atoms with Gasteiger partial charge in [0, 0.05) is 19.2 Å². The molecule has 0 saturated carbocycles. The molecule has 1 aromatic carbocycles. The first-order chi connectivity index (χ1) is 10.2. The van der Waals surface area contributed by atoms with Crippen LogP contribution in [0.4, 0.5) is 17.6 Å². The Labute approximate surface area is 122 Å². The topological polar surface area (TPSA) is 94.3 Å². The maximum absolute atomic E-state index is 5.69. The average molecular weight is 287 g/mol. The molecule has 1 aromatic heterocycles. The number of aromatic nitrogens is 2. The third-order valence-corrected chi connectivity index (χ3v) is 3.01. The summed E-state index contributed by atoms with van der Waals surface area (Å²) < 4.78 is 10.6. The third kappa shape index (κ3) is 3.07. The van der Waals surface area contributed by atoms with Crippen molar-refractivity contribution in [1.29, 1.82) is 0 Å². The van der Waals surface area contributed by atoms with Crippen molar-refractivity contribution >= 4 is 17.6 Å². The summed E-state index contributed by atoms with van der Waals surface area (Å²) in [6, 6.07) is 7.66. The van der Waals surface area contributed by atoms with Gasteiger partial charge in [-0.2, -0.15) is 9.97 Å². The normalized spacial score (nSPS) is 12.2. The molecule has 0 saturated heterocycles. The second kappa shape index (κ2) is 5.74. The van der Waals surface area contributed by atoms with Crippen LogP contribution in [-0.2, 0) is 6.54 Å². The second-order valence-electron chi connectivity index (χ2n) is 4.57. The fourth-order valence-corrected chi connectivity index (χ4v) is 2.07. The Morgan fingerprint density at radius 1 is 1.10 bits per heavy atom. The Morgan fingerprint density at radius 3 is 2.67 bits per heavy atom. The first-order valence-corrected chi connectivity index (χ1v) is 6.75. The number of fused-ring (bicyclic) bond motifs is 1. The van der Waals surface area contributed by atoms with Gasteiger partial charge in [-0.05, 0) is 24.6 Å². The molecule has 4 N–H and O–H groups in total. The smallest absolute Gasteiger partial charge is 0.231 e. The Morgan fingerprint density at radius 2 is 1.86 bits per heavy atom. The number of nitrogens with zero attached hydrogens (tertiary/aromatic N) is 2. The predicted octanol–water partition coefficient (Wildman–Crippen LogP) is 1.83. The summed E-state index contributed by atoms with van der Waals surface area (Å²) >= 11 is 0.